The smallest absolute Gasteiger partial charge is 0.146 e. The molecule has 0 aliphatic carbocycles. The first-order valence-corrected chi connectivity index (χ1v) is 3.41. The monoisotopic (exact) mass is 141 g/mol. The van der Waals surface area contributed by atoms with Gasteiger partial charge in [-0.15, -0.1) is 0 Å². The van der Waals surface area contributed by atoms with Gasteiger partial charge in [0.15, 0.2) is 0 Å². The van der Waals surface area contributed by atoms with Gasteiger partial charge >= 0.3 is 0 Å². The predicted molar refractivity (Wildman–Crippen MR) is 36.7 cm³/mol. The summed E-state index contributed by atoms with van der Waals surface area (Å²) in [6.45, 7) is 0.434. The van der Waals surface area contributed by atoms with Crippen LogP contribution in [-0.2, 0) is 9.59 Å². The Labute approximate surface area is 60.0 Å². The molecule has 0 bridgehead atoms. The Balaban J connectivity index is 2.50. The van der Waals surface area contributed by atoms with Crippen molar-refractivity contribution in [2.24, 2.45) is 0 Å². The van der Waals surface area contributed by atoms with Crippen LogP contribution in [0.5, 0.6) is 0 Å². The van der Waals surface area contributed by atoms with Gasteiger partial charge in [0.25, 0.3) is 0 Å². The number of hydrogen-bond donors (Lipinski definition) is 0. The predicted octanol–water partition coefficient (Wildman–Crippen LogP) is -0.151. The molecule has 1 heterocycles. The molecule has 56 valence electrons. The molecule has 0 amide bonds. The Morgan fingerprint density at radius 2 is 2.40 bits per heavy atom. The summed E-state index contributed by atoms with van der Waals surface area (Å²) in [4.78, 5) is 22.9. The molecule has 1 rings (SSSR count). The Morgan fingerprint density at radius 3 is 2.90 bits per heavy atom. The lowest BCUT2D eigenvalue weighted by atomic mass is 10.0. The van der Waals surface area contributed by atoms with Crippen molar-refractivity contribution in [3.05, 3.63) is 0 Å². The van der Waals surface area contributed by atoms with E-state index < -0.39 is 0 Å². The molecule has 1 aliphatic rings. The zero-order valence-electron chi connectivity index (χ0n) is 6.04. The number of Topliss-reactive ketones (excluding diaryl/α,β-unsaturated/α-hetero) is 1. The van der Waals surface area contributed by atoms with Crippen molar-refractivity contribution in [1.29, 1.82) is 0 Å². The second-order valence-electron chi connectivity index (χ2n) is 2.70. The molecule has 1 fully saturated rings. The lowest BCUT2D eigenvalue weighted by Gasteiger charge is -2.26. The maximum atomic E-state index is 10.8. The number of ketones is 1. The van der Waals surface area contributed by atoms with Crippen LogP contribution in [0.25, 0.3) is 0 Å². The highest BCUT2D eigenvalue weighted by molar-refractivity contribution is 5.82. The number of rotatable bonds is 1. The average Bonchev–Trinajstić information content (AvgIpc) is 1.88. The molecule has 0 N–H and O–H groups in total. The summed E-state index contributed by atoms with van der Waals surface area (Å²) in [5.41, 5.74) is 0. The molecule has 0 saturated carbocycles. The van der Waals surface area contributed by atoms with Crippen molar-refractivity contribution >= 4 is 12.1 Å². The number of aldehydes is 1. The summed E-state index contributed by atoms with van der Waals surface area (Å²) < 4.78 is 0. The van der Waals surface area contributed by atoms with Crippen molar-refractivity contribution in [2.75, 3.05) is 13.6 Å². The van der Waals surface area contributed by atoms with Gasteiger partial charge in [0.2, 0.25) is 0 Å². The van der Waals surface area contributed by atoms with E-state index >= 15 is 0 Å². The number of likely N-dealkylation sites (tertiary alicyclic amines) is 1. The number of carbonyl (C=O) groups is 2. The Bertz CT molecular complexity index is 156. The molecule has 10 heavy (non-hydrogen) atoms. The molecule has 0 aromatic heterocycles. The fourth-order valence-electron chi connectivity index (χ4n) is 1.18. The molecule has 3 heteroatoms. The first-order chi connectivity index (χ1) is 4.74. The quantitative estimate of drug-likeness (QED) is 0.476. The fourth-order valence-corrected chi connectivity index (χ4v) is 1.18. The summed E-state index contributed by atoms with van der Waals surface area (Å²) in [5, 5.41) is 0. The third-order valence-corrected chi connectivity index (χ3v) is 1.87. The number of nitrogens with zero attached hydrogens (tertiary/aromatic N) is 1. The Morgan fingerprint density at radius 1 is 1.70 bits per heavy atom. The third kappa shape index (κ3) is 1.42. The summed E-state index contributed by atoms with van der Waals surface area (Å²) in [7, 11) is 1.80. The number of hydrogen-bond acceptors (Lipinski definition) is 3. The lowest BCUT2D eigenvalue weighted by molar-refractivity contribution is -0.125. The van der Waals surface area contributed by atoms with E-state index in [0.29, 0.717) is 19.4 Å². The topological polar surface area (TPSA) is 37.4 Å². The highest BCUT2D eigenvalue weighted by atomic mass is 16.1. The van der Waals surface area contributed by atoms with E-state index in [0.717, 1.165) is 6.29 Å². The van der Waals surface area contributed by atoms with E-state index in [4.69, 9.17) is 0 Å². The zero-order chi connectivity index (χ0) is 7.56. The van der Waals surface area contributed by atoms with E-state index in [-0.39, 0.29) is 11.8 Å². The van der Waals surface area contributed by atoms with Crippen molar-refractivity contribution in [3.8, 4) is 0 Å². The average molecular weight is 141 g/mol. The van der Waals surface area contributed by atoms with E-state index in [9.17, 15) is 9.59 Å². The molecule has 1 unspecified atom stereocenters. The van der Waals surface area contributed by atoms with Crippen molar-refractivity contribution in [1.82, 2.24) is 4.90 Å². The highest BCUT2D eigenvalue weighted by Gasteiger charge is 2.22. The molecule has 3 nitrogen and oxygen atoms in total. The van der Waals surface area contributed by atoms with Crippen molar-refractivity contribution in [2.45, 2.75) is 18.9 Å². The van der Waals surface area contributed by atoms with Gasteiger partial charge in [0.05, 0.1) is 12.6 Å². The van der Waals surface area contributed by atoms with E-state index in [1.54, 1.807) is 11.9 Å². The van der Waals surface area contributed by atoms with Gasteiger partial charge in [-0.05, 0) is 13.5 Å². The highest BCUT2D eigenvalue weighted by Crippen LogP contribution is 2.09. The first kappa shape index (κ1) is 7.41. The summed E-state index contributed by atoms with van der Waals surface area (Å²) >= 11 is 0. The normalized spacial score (nSPS) is 28.5. The zero-order valence-corrected chi connectivity index (χ0v) is 6.04. The number of carbonyl (C=O) groups excluding carboxylic acids is 2. The molecule has 0 aromatic rings. The Kier molecular flexibility index (Phi) is 2.17. The van der Waals surface area contributed by atoms with E-state index in [1.807, 2.05) is 0 Å². The first-order valence-electron chi connectivity index (χ1n) is 3.41. The van der Waals surface area contributed by atoms with Crippen LogP contribution in [0, 0.1) is 0 Å². The minimum atomic E-state index is -0.0299. The van der Waals surface area contributed by atoms with Gasteiger partial charge in [0.1, 0.15) is 12.1 Å². The SMILES string of the molecule is CN1CC(=O)CCC1C=O. The fraction of sp³-hybridized carbons (Fsp3) is 0.714. The summed E-state index contributed by atoms with van der Waals surface area (Å²) in [5.74, 6) is 0.237. The lowest BCUT2D eigenvalue weighted by Crippen LogP contribution is -2.41. The van der Waals surface area contributed by atoms with Crippen LogP contribution in [-0.4, -0.2) is 36.6 Å². The molecular formula is C7H11NO2. The van der Waals surface area contributed by atoms with Crippen LogP contribution in [0.3, 0.4) is 0 Å². The molecular weight excluding hydrogens is 130 g/mol. The molecule has 0 radical (unpaired) electrons. The number of likely N-dealkylation sites (N-methyl/N-ethyl adjacent to an activating group) is 1. The number of piperidine rings is 1. The summed E-state index contributed by atoms with van der Waals surface area (Å²) in [6, 6.07) is -0.0299. The van der Waals surface area contributed by atoms with Gasteiger partial charge < -0.3 is 4.79 Å². The van der Waals surface area contributed by atoms with Crippen LogP contribution in [0.2, 0.25) is 0 Å². The van der Waals surface area contributed by atoms with Gasteiger partial charge in [0, 0.05) is 6.42 Å². The van der Waals surface area contributed by atoms with Gasteiger partial charge in [-0.25, -0.2) is 0 Å². The molecule has 1 aliphatic heterocycles. The molecule has 0 spiro atoms. The molecule has 1 saturated heterocycles. The second-order valence-corrected chi connectivity index (χ2v) is 2.70. The third-order valence-electron chi connectivity index (χ3n) is 1.87. The van der Waals surface area contributed by atoms with Crippen molar-refractivity contribution < 1.29 is 9.59 Å². The van der Waals surface area contributed by atoms with Crippen LogP contribution >= 0.6 is 0 Å². The summed E-state index contributed by atoms with van der Waals surface area (Å²) in [6.07, 6.45) is 2.17. The standard InChI is InChI=1S/C7H11NO2/c1-8-4-7(10)3-2-6(8)5-9/h5-6H,2-4H2,1H3. The van der Waals surface area contributed by atoms with Crippen LogP contribution in [0.4, 0.5) is 0 Å². The van der Waals surface area contributed by atoms with Gasteiger partial charge in [-0.2, -0.15) is 0 Å². The van der Waals surface area contributed by atoms with Crippen LogP contribution in [0.15, 0.2) is 0 Å². The largest absolute Gasteiger partial charge is 0.302 e. The Hall–Kier alpha value is -0.700. The maximum absolute atomic E-state index is 10.8. The molecule has 1 atom stereocenters. The van der Waals surface area contributed by atoms with Crippen LogP contribution < -0.4 is 0 Å². The second kappa shape index (κ2) is 2.92. The molecule has 0 aromatic carbocycles. The minimum Gasteiger partial charge on any atom is -0.302 e. The van der Waals surface area contributed by atoms with Gasteiger partial charge in [-0.3, -0.25) is 9.69 Å². The minimum absolute atomic E-state index is 0.0299. The maximum Gasteiger partial charge on any atom is 0.146 e. The van der Waals surface area contributed by atoms with Crippen molar-refractivity contribution in [3.63, 3.8) is 0 Å². The van der Waals surface area contributed by atoms with Crippen LogP contribution in [0.1, 0.15) is 12.8 Å². The van der Waals surface area contributed by atoms with Gasteiger partial charge in [-0.1, -0.05) is 0 Å². The van der Waals surface area contributed by atoms with E-state index in [1.165, 1.54) is 0 Å². The van der Waals surface area contributed by atoms with E-state index in [2.05, 4.69) is 0 Å².